The van der Waals surface area contributed by atoms with E-state index in [0.717, 1.165) is 38.8 Å². The number of nitrogens with one attached hydrogen (secondary N) is 1. The van der Waals surface area contributed by atoms with Crippen LogP contribution in [-0.4, -0.2) is 29.2 Å². The second kappa shape index (κ2) is 9.96. The number of carbonyl (C=O) groups is 1. The van der Waals surface area contributed by atoms with Gasteiger partial charge in [-0.15, -0.1) is 0 Å². The molecule has 0 fully saturated rings. The van der Waals surface area contributed by atoms with Gasteiger partial charge in [-0.1, -0.05) is 23.7 Å². The Morgan fingerprint density at radius 2 is 1.73 bits per heavy atom. The predicted octanol–water partition coefficient (Wildman–Crippen LogP) is 5.32. The van der Waals surface area contributed by atoms with Crippen molar-refractivity contribution in [1.29, 1.82) is 0 Å². The molecule has 7 heteroatoms. The number of para-hydroxylation sites is 2. The summed E-state index contributed by atoms with van der Waals surface area (Å²) in [6.45, 7) is 5.29. The maximum atomic E-state index is 12.6. The zero-order chi connectivity index (χ0) is 23.4. The van der Waals surface area contributed by atoms with Crippen molar-refractivity contribution in [3.8, 4) is 11.5 Å². The van der Waals surface area contributed by atoms with Gasteiger partial charge in [0.2, 0.25) is 0 Å². The van der Waals surface area contributed by atoms with Crippen molar-refractivity contribution in [2.24, 2.45) is 0 Å². The molecular weight excluding hydrogens is 438 g/mol. The lowest BCUT2D eigenvalue weighted by molar-refractivity contribution is 0.0949. The van der Waals surface area contributed by atoms with Crippen LogP contribution >= 0.6 is 11.6 Å². The number of halogens is 1. The number of carbonyl (C=O) groups excluding carboxylic acids is 1. The van der Waals surface area contributed by atoms with Crippen LogP contribution in [0.1, 0.15) is 27.3 Å². The van der Waals surface area contributed by atoms with Crippen molar-refractivity contribution in [1.82, 2.24) is 14.9 Å². The highest BCUT2D eigenvalue weighted by Crippen LogP contribution is 2.26. The fraction of sp³-hybridized carbons (Fsp3) is 0.231. The maximum absolute atomic E-state index is 12.6. The third-order valence-electron chi connectivity index (χ3n) is 5.49. The second-order valence-electron chi connectivity index (χ2n) is 7.80. The number of hydrogen-bond donors (Lipinski definition) is 1. The lowest BCUT2D eigenvalue weighted by Gasteiger charge is -2.13. The summed E-state index contributed by atoms with van der Waals surface area (Å²) in [6, 6.07) is 18.8. The lowest BCUT2D eigenvalue weighted by atomic mass is 10.1. The number of fused-ring (bicyclic) bond motifs is 1. The van der Waals surface area contributed by atoms with Crippen LogP contribution in [0, 0.1) is 13.8 Å². The Kier molecular flexibility index (Phi) is 6.84. The highest BCUT2D eigenvalue weighted by atomic mass is 35.5. The number of methoxy groups -OCH3 is 1. The van der Waals surface area contributed by atoms with Gasteiger partial charge in [0.15, 0.2) is 0 Å². The molecule has 0 spiro atoms. The zero-order valence-corrected chi connectivity index (χ0v) is 19.6. The molecule has 0 atom stereocenters. The van der Waals surface area contributed by atoms with Gasteiger partial charge in [-0.2, -0.15) is 0 Å². The van der Waals surface area contributed by atoms with Crippen LogP contribution in [0.4, 0.5) is 0 Å². The first-order valence-corrected chi connectivity index (χ1v) is 11.1. The first-order chi connectivity index (χ1) is 16.0. The van der Waals surface area contributed by atoms with E-state index >= 15 is 0 Å². The molecule has 0 bridgehead atoms. The largest absolute Gasteiger partial charge is 0.497 e. The van der Waals surface area contributed by atoms with Crippen molar-refractivity contribution < 1.29 is 14.3 Å². The minimum Gasteiger partial charge on any atom is -0.497 e. The second-order valence-corrected chi connectivity index (χ2v) is 8.18. The number of rotatable bonds is 8. The zero-order valence-electron chi connectivity index (χ0n) is 18.9. The Bertz CT molecular complexity index is 1260. The van der Waals surface area contributed by atoms with E-state index in [1.165, 1.54) is 0 Å². The summed E-state index contributed by atoms with van der Waals surface area (Å²) >= 11 is 6.26. The number of hydrogen-bond acceptors (Lipinski definition) is 4. The van der Waals surface area contributed by atoms with Crippen LogP contribution in [0.25, 0.3) is 11.0 Å². The smallest absolute Gasteiger partial charge is 0.251 e. The normalized spacial score (nSPS) is 10.9. The van der Waals surface area contributed by atoms with Gasteiger partial charge in [-0.3, -0.25) is 4.79 Å². The van der Waals surface area contributed by atoms with Crippen LogP contribution in [0.3, 0.4) is 0 Å². The average Bonchev–Trinajstić information content (AvgIpc) is 3.18. The molecular formula is C26H26ClN3O3. The van der Waals surface area contributed by atoms with Crippen molar-refractivity contribution in [2.45, 2.75) is 26.9 Å². The highest BCUT2D eigenvalue weighted by Gasteiger charge is 2.13. The van der Waals surface area contributed by atoms with Crippen molar-refractivity contribution in [3.63, 3.8) is 0 Å². The minimum absolute atomic E-state index is 0.167. The fourth-order valence-corrected chi connectivity index (χ4v) is 3.87. The Hall–Kier alpha value is -3.51. The molecule has 0 aliphatic carbocycles. The number of amides is 1. The summed E-state index contributed by atoms with van der Waals surface area (Å²) in [4.78, 5) is 17.3. The number of aromatic nitrogens is 2. The highest BCUT2D eigenvalue weighted by molar-refractivity contribution is 6.32. The molecule has 33 heavy (non-hydrogen) atoms. The van der Waals surface area contributed by atoms with E-state index in [1.54, 1.807) is 31.4 Å². The summed E-state index contributed by atoms with van der Waals surface area (Å²) in [7, 11) is 1.60. The molecule has 3 aromatic carbocycles. The molecule has 0 saturated heterocycles. The molecule has 1 N–H and O–H groups in total. The molecule has 0 radical (unpaired) electrons. The Balaban J connectivity index is 1.47. The molecule has 0 unspecified atom stereocenters. The van der Waals surface area contributed by atoms with Gasteiger partial charge >= 0.3 is 0 Å². The maximum Gasteiger partial charge on any atom is 0.251 e. The Labute approximate surface area is 198 Å². The molecule has 1 amide bonds. The van der Waals surface area contributed by atoms with E-state index in [0.29, 0.717) is 31.0 Å². The number of nitrogens with zero attached hydrogens (tertiary/aromatic N) is 2. The van der Waals surface area contributed by atoms with Crippen LogP contribution < -0.4 is 14.8 Å². The number of benzene rings is 3. The van der Waals surface area contributed by atoms with Crippen molar-refractivity contribution in [2.75, 3.05) is 13.7 Å². The van der Waals surface area contributed by atoms with E-state index in [9.17, 15) is 4.79 Å². The molecule has 4 rings (SSSR count). The number of aryl methyl sites for hydroxylation is 2. The molecule has 0 aliphatic heterocycles. The summed E-state index contributed by atoms with van der Waals surface area (Å²) in [5.74, 6) is 2.09. The monoisotopic (exact) mass is 463 g/mol. The molecule has 4 aromatic rings. The van der Waals surface area contributed by atoms with E-state index in [-0.39, 0.29) is 5.91 Å². The average molecular weight is 464 g/mol. The summed E-state index contributed by atoms with van der Waals surface area (Å²) < 4.78 is 13.2. The van der Waals surface area contributed by atoms with Crippen LogP contribution in [0.2, 0.25) is 5.02 Å². The Morgan fingerprint density at radius 3 is 2.42 bits per heavy atom. The quantitative estimate of drug-likeness (QED) is 0.384. The summed E-state index contributed by atoms with van der Waals surface area (Å²) in [5, 5.41) is 3.73. The van der Waals surface area contributed by atoms with Gasteiger partial charge in [0.25, 0.3) is 5.91 Å². The number of imidazole rings is 1. The van der Waals surface area contributed by atoms with Gasteiger partial charge in [0.1, 0.15) is 23.9 Å². The van der Waals surface area contributed by atoms with E-state index in [4.69, 9.17) is 26.1 Å². The standard InChI is InChI=1S/C26H26ClN3O3/c1-17-14-21(15-18(2)25(17)27)33-13-12-30-23-7-5-4-6-22(23)29-24(30)16-28-26(31)19-8-10-20(32-3)11-9-19/h4-11,14-15H,12-13,16H2,1-3H3,(H,28,31). The number of ether oxygens (including phenoxy) is 2. The van der Waals surface area contributed by atoms with Gasteiger partial charge in [-0.25, -0.2) is 4.98 Å². The fourth-order valence-electron chi connectivity index (χ4n) is 3.76. The molecule has 1 aromatic heterocycles. The van der Waals surface area contributed by atoms with Crippen LogP contribution in [-0.2, 0) is 13.1 Å². The third-order valence-corrected chi connectivity index (χ3v) is 6.08. The molecule has 6 nitrogen and oxygen atoms in total. The van der Waals surface area contributed by atoms with Crippen molar-refractivity contribution in [3.05, 3.63) is 88.2 Å². The van der Waals surface area contributed by atoms with Crippen molar-refractivity contribution >= 4 is 28.5 Å². The predicted molar refractivity (Wildman–Crippen MR) is 130 cm³/mol. The molecule has 0 aliphatic rings. The first-order valence-electron chi connectivity index (χ1n) is 10.7. The Morgan fingerprint density at radius 1 is 1.03 bits per heavy atom. The minimum atomic E-state index is -0.167. The van der Waals surface area contributed by atoms with Gasteiger partial charge in [0, 0.05) is 10.6 Å². The van der Waals surface area contributed by atoms with E-state index in [1.807, 2.05) is 50.2 Å². The van der Waals surface area contributed by atoms with E-state index < -0.39 is 0 Å². The summed E-state index contributed by atoms with van der Waals surface area (Å²) in [6.07, 6.45) is 0. The SMILES string of the molecule is COc1ccc(C(=O)NCc2nc3ccccc3n2CCOc2cc(C)c(Cl)c(C)c2)cc1. The molecule has 170 valence electrons. The van der Waals surface area contributed by atoms with Crippen LogP contribution in [0.5, 0.6) is 11.5 Å². The molecule has 0 saturated carbocycles. The lowest BCUT2D eigenvalue weighted by Crippen LogP contribution is -2.25. The first kappa shape index (κ1) is 22.7. The van der Waals surface area contributed by atoms with Gasteiger partial charge in [0.05, 0.1) is 31.2 Å². The summed E-state index contributed by atoms with van der Waals surface area (Å²) in [5.41, 5.74) is 4.42. The van der Waals surface area contributed by atoms with Gasteiger partial charge in [-0.05, 0) is 73.5 Å². The van der Waals surface area contributed by atoms with Gasteiger partial charge < -0.3 is 19.4 Å². The molecule has 1 heterocycles. The third kappa shape index (κ3) is 5.12. The topological polar surface area (TPSA) is 65.4 Å². The van der Waals surface area contributed by atoms with E-state index in [2.05, 4.69) is 9.88 Å². The van der Waals surface area contributed by atoms with Crippen LogP contribution in [0.15, 0.2) is 60.7 Å².